The third-order valence-electron chi connectivity index (χ3n) is 5.40. The number of rotatable bonds is 4. The topological polar surface area (TPSA) is 75.5 Å². The summed E-state index contributed by atoms with van der Waals surface area (Å²) in [5, 5.41) is 3.74. The van der Waals surface area contributed by atoms with E-state index in [-0.39, 0.29) is 48.3 Å². The van der Waals surface area contributed by atoms with Crippen molar-refractivity contribution in [3.05, 3.63) is 62.8 Å². The fraction of sp³-hybridized carbons (Fsp3) is 0.429. The van der Waals surface area contributed by atoms with Gasteiger partial charge in [-0.2, -0.15) is 18.3 Å². The number of benzene rings is 1. The molecule has 2 amide bonds. The Hall–Kier alpha value is -3.24. The lowest BCUT2D eigenvalue weighted by Crippen LogP contribution is -2.56. The first kappa shape index (κ1) is 23.4. The molecule has 3 rings (SSSR count). The summed E-state index contributed by atoms with van der Waals surface area (Å²) in [4.78, 5) is 40.3. The molecule has 0 unspecified atom stereocenters. The van der Waals surface area contributed by atoms with Gasteiger partial charge in [-0.25, -0.2) is 9.07 Å². The van der Waals surface area contributed by atoms with Crippen LogP contribution in [0.5, 0.6) is 0 Å². The van der Waals surface area contributed by atoms with Crippen molar-refractivity contribution in [1.29, 1.82) is 0 Å². The maximum absolute atomic E-state index is 14.4. The quantitative estimate of drug-likeness (QED) is 0.666. The normalized spacial score (nSPS) is 17.1. The Labute approximate surface area is 181 Å². The van der Waals surface area contributed by atoms with Gasteiger partial charge in [0.15, 0.2) is 0 Å². The van der Waals surface area contributed by atoms with Crippen LogP contribution in [0.15, 0.2) is 29.2 Å². The number of amides is 2. The van der Waals surface area contributed by atoms with Crippen LogP contribution in [0.4, 0.5) is 17.6 Å². The van der Waals surface area contributed by atoms with E-state index < -0.39 is 29.0 Å². The summed E-state index contributed by atoms with van der Waals surface area (Å²) in [5.74, 6) is -1.80. The molecule has 1 aliphatic heterocycles. The predicted molar refractivity (Wildman–Crippen MR) is 106 cm³/mol. The second kappa shape index (κ2) is 8.71. The highest BCUT2D eigenvalue weighted by Gasteiger charge is 2.37. The van der Waals surface area contributed by atoms with E-state index in [0.29, 0.717) is 11.2 Å². The lowest BCUT2D eigenvalue weighted by atomic mass is 10.1. The standard InChI is InChI=1S/C21H22F4N4O3/c1-4-28-13(3)9-27(11-17(28)30)19(31)15-7-14(5-6-16(15)22)10-29-20(32)18(21(23,24)25)12(2)8-26-29/h5-8,13H,4,9-11H2,1-3H3/t13-/m1/s1. The van der Waals surface area contributed by atoms with Gasteiger partial charge >= 0.3 is 6.18 Å². The Morgan fingerprint density at radius 3 is 2.53 bits per heavy atom. The first-order valence-corrected chi connectivity index (χ1v) is 9.95. The predicted octanol–water partition coefficient (Wildman–Crippen LogP) is 2.45. The molecule has 0 saturated carbocycles. The molecule has 2 aromatic rings. The van der Waals surface area contributed by atoms with Crippen molar-refractivity contribution in [3.63, 3.8) is 0 Å². The van der Waals surface area contributed by atoms with Crippen LogP contribution in [0.3, 0.4) is 0 Å². The number of halogens is 4. The van der Waals surface area contributed by atoms with Crippen LogP contribution >= 0.6 is 0 Å². The van der Waals surface area contributed by atoms with Gasteiger partial charge in [-0.3, -0.25) is 14.4 Å². The summed E-state index contributed by atoms with van der Waals surface area (Å²) in [5.41, 5.74) is -3.08. The smallest absolute Gasteiger partial charge is 0.337 e. The van der Waals surface area contributed by atoms with E-state index in [4.69, 9.17) is 0 Å². The molecule has 172 valence electrons. The number of alkyl halides is 3. The van der Waals surface area contributed by atoms with Crippen LogP contribution in [0.25, 0.3) is 0 Å². The maximum Gasteiger partial charge on any atom is 0.422 e. The van der Waals surface area contributed by atoms with Crippen molar-refractivity contribution in [2.45, 2.75) is 39.5 Å². The molecule has 0 radical (unpaired) electrons. The Balaban J connectivity index is 1.90. The minimum atomic E-state index is -4.85. The molecule has 1 fully saturated rings. The van der Waals surface area contributed by atoms with Gasteiger partial charge in [-0.1, -0.05) is 6.07 Å². The fourth-order valence-electron chi connectivity index (χ4n) is 3.83. The fourth-order valence-corrected chi connectivity index (χ4v) is 3.83. The van der Waals surface area contributed by atoms with Gasteiger partial charge in [0.25, 0.3) is 11.5 Å². The Bertz CT molecular complexity index is 1110. The summed E-state index contributed by atoms with van der Waals surface area (Å²) >= 11 is 0. The zero-order chi connectivity index (χ0) is 23.8. The van der Waals surface area contributed by atoms with Crippen molar-refractivity contribution in [1.82, 2.24) is 19.6 Å². The van der Waals surface area contributed by atoms with E-state index in [9.17, 15) is 31.9 Å². The number of carbonyl (C=O) groups is 2. The molecule has 1 aromatic heterocycles. The monoisotopic (exact) mass is 454 g/mol. The van der Waals surface area contributed by atoms with Crippen LogP contribution in [-0.2, 0) is 17.5 Å². The molecule has 11 heteroatoms. The van der Waals surface area contributed by atoms with Crippen molar-refractivity contribution >= 4 is 11.8 Å². The molecule has 0 aliphatic carbocycles. The van der Waals surface area contributed by atoms with E-state index >= 15 is 0 Å². The summed E-state index contributed by atoms with van der Waals surface area (Å²) < 4.78 is 54.6. The van der Waals surface area contributed by atoms with Crippen molar-refractivity contribution in [2.75, 3.05) is 19.6 Å². The average Bonchev–Trinajstić information content (AvgIpc) is 2.69. The SMILES string of the molecule is CCN1C(=O)CN(C(=O)c2cc(Cn3ncc(C)c(C(F)(F)F)c3=O)ccc2F)C[C@H]1C. The average molecular weight is 454 g/mol. The number of aryl methyl sites for hydroxylation is 1. The lowest BCUT2D eigenvalue weighted by Gasteiger charge is -2.39. The molecule has 0 N–H and O–H groups in total. The second-order valence-corrected chi connectivity index (χ2v) is 7.69. The van der Waals surface area contributed by atoms with Gasteiger partial charge in [0.05, 0.1) is 18.3 Å². The lowest BCUT2D eigenvalue weighted by molar-refractivity contribution is -0.139. The van der Waals surface area contributed by atoms with Gasteiger partial charge in [0, 0.05) is 19.1 Å². The van der Waals surface area contributed by atoms with E-state index in [1.165, 1.54) is 17.0 Å². The van der Waals surface area contributed by atoms with E-state index in [1.54, 1.807) is 11.8 Å². The number of nitrogens with zero attached hydrogens (tertiary/aromatic N) is 4. The number of hydrogen-bond acceptors (Lipinski definition) is 4. The van der Waals surface area contributed by atoms with Crippen LogP contribution < -0.4 is 5.56 Å². The summed E-state index contributed by atoms with van der Waals surface area (Å²) in [6.07, 6.45) is -3.92. The molecular formula is C21H22F4N4O3. The third kappa shape index (κ3) is 4.51. The molecule has 0 bridgehead atoms. The molecular weight excluding hydrogens is 432 g/mol. The van der Waals surface area contributed by atoms with Gasteiger partial charge < -0.3 is 9.80 Å². The molecule has 2 heterocycles. The van der Waals surface area contributed by atoms with Crippen LogP contribution in [0, 0.1) is 12.7 Å². The highest BCUT2D eigenvalue weighted by Crippen LogP contribution is 2.28. The highest BCUT2D eigenvalue weighted by molar-refractivity contribution is 5.97. The zero-order valence-corrected chi connectivity index (χ0v) is 17.7. The molecule has 32 heavy (non-hydrogen) atoms. The summed E-state index contributed by atoms with van der Waals surface area (Å²) in [6.45, 7) is 4.86. The third-order valence-corrected chi connectivity index (χ3v) is 5.40. The van der Waals surface area contributed by atoms with Gasteiger partial charge in [0.1, 0.15) is 17.9 Å². The van der Waals surface area contributed by atoms with Crippen LogP contribution in [0.2, 0.25) is 0 Å². The number of carbonyl (C=O) groups excluding carboxylic acids is 2. The summed E-state index contributed by atoms with van der Waals surface area (Å²) in [6, 6.07) is 3.18. The van der Waals surface area contributed by atoms with E-state index in [1.807, 2.05) is 6.92 Å². The van der Waals surface area contributed by atoms with Crippen LogP contribution in [-0.4, -0.2) is 57.1 Å². The Kier molecular flexibility index (Phi) is 6.38. The summed E-state index contributed by atoms with van der Waals surface area (Å²) in [7, 11) is 0. The molecule has 0 spiro atoms. The molecule has 1 saturated heterocycles. The Morgan fingerprint density at radius 1 is 1.25 bits per heavy atom. The highest BCUT2D eigenvalue weighted by atomic mass is 19.4. The minimum absolute atomic E-state index is 0.200. The largest absolute Gasteiger partial charge is 0.422 e. The maximum atomic E-state index is 14.4. The number of piperazine rings is 1. The number of likely N-dealkylation sites (N-methyl/N-ethyl adjacent to an activating group) is 1. The van der Waals surface area contributed by atoms with Crippen molar-refractivity contribution in [2.24, 2.45) is 0 Å². The van der Waals surface area contributed by atoms with E-state index in [2.05, 4.69) is 5.10 Å². The first-order valence-electron chi connectivity index (χ1n) is 9.95. The number of hydrogen-bond donors (Lipinski definition) is 0. The molecule has 1 aliphatic rings. The molecule has 1 aromatic carbocycles. The number of aromatic nitrogens is 2. The minimum Gasteiger partial charge on any atom is -0.337 e. The zero-order valence-electron chi connectivity index (χ0n) is 17.7. The first-order chi connectivity index (χ1) is 14.9. The van der Waals surface area contributed by atoms with Gasteiger partial charge in [-0.15, -0.1) is 0 Å². The Morgan fingerprint density at radius 2 is 1.94 bits per heavy atom. The van der Waals surface area contributed by atoms with Crippen LogP contribution in [0.1, 0.15) is 40.9 Å². The molecule has 7 nitrogen and oxygen atoms in total. The second-order valence-electron chi connectivity index (χ2n) is 7.69. The van der Waals surface area contributed by atoms with Crippen molar-refractivity contribution in [3.8, 4) is 0 Å². The molecule has 1 atom stereocenters. The van der Waals surface area contributed by atoms with E-state index in [0.717, 1.165) is 19.2 Å². The van der Waals surface area contributed by atoms with Gasteiger partial charge in [-0.05, 0) is 44.0 Å². The van der Waals surface area contributed by atoms with Crippen molar-refractivity contribution < 1.29 is 27.2 Å². The van der Waals surface area contributed by atoms with Gasteiger partial charge in [0.2, 0.25) is 5.91 Å².